The number of carbonyl (C=O) groups is 1. The van der Waals surface area contributed by atoms with Crippen LogP contribution in [0.15, 0.2) is 0 Å². The summed E-state index contributed by atoms with van der Waals surface area (Å²) < 4.78 is 28.9. The van der Waals surface area contributed by atoms with Crippen molar-refractivity contribution in [2.24, 2.45) is 0 Å². The van der Waals surface area contributed by atoms with Crippen LogP contribution >= 0.6 is 0 Å². The lowest BCUT2D eigenvalue weighted by molar-refractivity contribution is -0.138. The Labute approximate surface area is 103 Å². The molecule has 0 radical (unpaired) electrons. The molecule has 0 aromatic carbocycles. The lowest BCUT2D eigenvalue weighted by atomic mass is 10.2. The maximum Gasteiger partial charge on any atom is 0.238 e. The molecular formula is C10H20N2O4S. The Morgan fingerprint density at radius 2 is 2.18 bits per heavy atom. The topological polar surface area (TPSA) is 66.9 Å². The molecule has 1 heterocycles. The number of sulfonamides is 1. The van der Waals surface area contributed by atoms with Gasteiger partial charge in [-0.3, -0.25) is 4.79 Å². The predicted molar refractivity (Wildman–Crippen MR) is 64.1 cm³/mol. The van der Waals surface area contributed by atoms with Crippen LogP contribution in [0.1, 0.15) is 13.3 Å². The van der Waals surface area contributed by atoms with E-state index < -0.39 is 10.0 Å². The van der Waals surface area contributed by atoms with Crippen molar-refractivity contribution in [2.45, 2.75) is 19.4 Å². The van der Waals surface area contributed by atoms with Crippen LogP contribution in [0, 0.1) is 0 Å². The molecular weight excluding hydrogens is 244 g/mol. The number of likely N-dealkylation sites (N-methyl/N-ethyl adjacent to an activating group) is 1. The van der Waals surface area contributed by atoms with Crippen molar-refractivity contribution >= 4 is 15.9 Å². The van der Waals surface area contributed by atoms with Crippen LogP contribution < -0.4 is 0 Å². The SMILES string of the molecule is CCC1CN(C(=O)CN(C)S(C)(=O)=O)CCO1. The highest BCUT2D eigenvalue weighted by Crippen LogP contribution is 2.09. The summed E-state index contributed by atoms with van der Waals surface area (Å²) in [7, 11) is -1.89. The van der Waals surface area contributed by atoms with Crippen molar-refractivity contribution in [2.75, 3.05) is 39.5 Å². The highest BCUT2D eigenvalue weighted by molar-refractivity contribution is 7.88. The van der Waals surface area contributed by atoms with E-state index in [-0.39, 0.29) is 18.6 Å². The molecule has 1 amide bonds. The van der Waals surface area contributed by atoms with Gasteiger partial charge < -0.3 is 9.64 Å². The van der Waals surface area contributed by atoms with Gasteiger partial charge in [-0.05, 0) is 6.42 Å². The van der Waals surface area contributed by atoms with Gasteiger partial charge in [0.2, 0.25) is 15.9 Å². The first-order valence-corrected chi connectivity index (χ1v) is 7.50. The van der Waals surface area contributed by atoms with Crippen LogP contribution in [0.2, 0.25) is 0 Å². The Morgan fingerprint density at radius 1 is 1.53 bits per heavy atom. The molecule has 1 atom stereocenters. The Morgan fingerprint density at radius 3 is 2.71 bits per heavy atom. The van der Waals surface area contributed by atoms with Gasteiger partial charge in [-0.1, -0.05) is 6.92 Å². The second kappa shape index (κ2) is 5.79. The summed E-state index contributed by atoms with van der Waals surface area (Å²) in [6.45, 7) is 3.50. The van der Waals surface area contributed by atoms with E-state index in [9.17, 15) is 13.2 Å². The zero-order valence-electron chi connectivity index (χ0n) is 10.5. The number of ether oxygens (including phenoxy) is 1. The second-order valence-electron chi connectivity index (χ2n) is 4.26. The fraction of sp³-hybridized carbons (Fsp3) is 0.900. The van der Waals surface area contributed by atoms with Crippen molar-refractivity contribution in [1.29, 1.82) is 0 Å². The van der Waals surface area contributed by atoms with E-state index in [1.54, 1.807) is 4.90 Å². The molecule has 100 valence electrons. The highest BCUT2D eigenvalue weighted by Gasteiger charge is 2.25. The van der Waals surface area contributed by atoms with Crippen molar-refractivity contribution in [3.63, 3.8) is 0 Å². The van der Waals surface area contributed by atoms with E-state index in [4.69, 9.17) is 4.74 Å². The summed E-state index contributed by atoms with van der Waals surface area (Å²) in [6.07, 6.45) is 2.01. The average Bonchev–Trinajstić information content (AvgIpc) is 2.27. The van der Waals surface area contributed by atoms with E-state index >= 15 is 0 Å². The summed E-state index contributed by atoms with van der Waals surface area (Å²) in [5.74, 6) is -0.167. The molecule has 1 unspecified atom stereocenters. The maximum absolute atomic E-state index is 11.9. The Balaban J connectivity index is 2.53. The standard InChI is InChI=1S/C10H20N2O4S/c1-4-9-7-12(5-6-16-9)10(13)8-11(2)17(3,14)15/h9H,4-8H2,1-3H3. The van der Waals surface area contributed by atoms with Crippen LogP contribution in [0.5, 0.6) is 0 Å². The molecule has 1 aliphatic rings. The van der Waals surface area contributed by atoms with Gasteiger partial charge in [-0.25, -0.2) is 8.42 Å². The van der Waals surface area contributed by atoms with Gasteiger partial charge in [-0.2, -0.15) is 4.31 Å². The Bertz CT molecular complexity index is 369. The zero-order chi connectivity index (χ0) is 13.1. The highest BCUT2D eigenvalue weighted by atomic mass is 32.2. The van der Waals surface area contributed by atoms with E-state index in [2.05, 4.69) is 0 Å². The summed E-state index contributed by atoms with van der Waals surface area (Å²) in [4.78, 5) is 13.5. The summed E-state index contributed by atoms with van der Waals surface area (Å²) in [6, 6.07) is 0. The van der Waals surface area contributed by atoms with Crippen molar-refractivity contribution in [3.05, 3.63) is 0 Å². The van der Waals surface area contributed by atoms with Crippen LogP contribution in [0.4, 0.5) is 0 Å². The van der Waals surface area contributed by atoms with Gasteiger partial charge in [0.15, 0.2) is 0 Å². The third kappa shape index (κ3) is 4.25. The van der Waals surface area contributed by atoms with Gasteiger partial charge in [0.25, 0.3) is 0 Å². The summed E-state index contributed by atoms with van der Waals surface area (Å²) in [5.41, 5.74) is 0. The smallest absolute Gasteiger partial charge is 0.238 e. The third-order valence-electron chi connectivity index (χ3n) is 2.87. The molecule has 0 aromatic rings. The lowest BCUT2D eigenvalue weighted by Gasteiger charge is -2.33. The van der Waals surface area contributed by atoms with Crippen molar-refractivity contribution < 1.29 is 17.9 Å². The first-order valence-electron chi connectivity index (χ1n) is 5.65. The molecule has 0 bridgehead atoms. The Kier molecular flexibility index (Phi) is 4.91. The molecule has 7 heteroatoms. The van der Waals surface area contributed by atoms with Crippen molar-refractivity contribution in [3.8, 4) is 0 Å². The molecule has 0 N–H and O–H groups in total. The minimum atomic E-state index is -3.30. The molecule has 17 heavy (non-hydrogen) atoms. The fourth-order valence-electron chi connectivity index (χ4n) is 1.60. The fourth-order valence-corrected chi connectivity index (χ4v) is 1.95. The lowest BCUT2D eigenvalue weighted by Crippen LogP contribution is -2.49. The molecule has 0 aliphatic carbocycles. The van der Waals surface area contributed by atoms with Gasteiger partial charge in [0, 0.05) is 20.1 Å². The van der Waals surface area contributed by atoms with Crippen LogP contribution in [-0.4, -0.2) is 69.2 Å². The number of hydrogen-bond acceptors (Lipinski definition) is 4. The molecule has 1 fully saturated rings. The van der Waals surface area contributed by atoms with Gasteiger partial charge in [0.1, 0.15) is 0 Å². The quantitative estimate of drug-likeness (QED) is 0.687. The average molecular weight is 264 g/mol. The van der Waals surface area contributed by atoms with Gasteiger partial charge >= 0.3 is 0 Å². The zero-order valence-corrected chi connectivity index (χ0v) is 11.4. The Hall–Kier alpha value is -0.660. The molecule has 1 rings (SSSR count). The maximum atomic E-state index is 11.9. The number of carbonyl (C=O) groups excluding carboxylic acids is 1. The second-order valence-corrected chi connectivity index (χ2v) is 6.35. The van der Waals surface area contributed by atoms with Gasteiger partial charge in [0.05, 0.1) is 25.5 Å². The van der Waals surface area contributed by atoms with Crippen LogP contribution in [-0.2, 0) is 19.6 Å². The van der Waals surface area contributed by atoms with E-state index in [1.807, 2.05) is 6.92 Å². The number of morpholine rings is 1. The van der Waals surface area contributed by atoms with Crippen molar-refractivity contribution in [1.82, 2.24) is 9.21 Å². The van der Waals surface area contributed by atoms with Gasteiger partial charge in [-0.15, -0.1) is 0 Å². The van der Waals surface area contributed by atoms with Crippen LogP contribution in [0.25, 0.3) is 0 Å². The van der Waals surface area contributed by atoms with Crippen LogP contribution in [0.3, 0.4) is 0 Å². The molecule has 6 nitrogen and oxygen atoms in total. The number of hydrogen-bond donors (Lipinski definition) is 0. The molecule has 1 saturated heterocycles. The minimum absolute atomic E-state index is 0.0660. The summed E-state index contributed by atoms with van der Waals surface area (Å²) >= 11 is 0. The molecule has 1 aliphatic heterocycles. The summed E-state index contributed by atoms with van der Waals surface area (Å²) in [5, 5.41) is 0. The number of rotatable bonds is 4. The number of nitrogens with zero attached hydrogens (tertiary/aromatic N) is 2. The molecule has 0 saturated carbocycles. The monoisotopic (exact) mass is 264 g/mol. The van der Waals surface area contributed by atoms with E-state index in [0.29, 0.717) is 19.7 Å². The largest absolute Gasteiger partial charge is 0.375 e. The first kappa shape index (κ1) is 14.4. The third-order valence-corrected chi connectivity index (χ3v) is 4.13. The first-order chi connectivity index (χ1) is 7.84. The predicted octanol–water partition coefficient (Wildman–Crippen LogP) is -0.485. The molecule has 0 aromatic heterocycles. The minimum Gasteiger partial charge on any atom is -0.375 e. The van der Waals surface area contributed by atoms with E-state index in [0.717, 1.165) is 17.0 Å². The normalized spacial score (nSPS) is 21.9. The van der Waals surface area contributed by atoms with E-state index in [1.165, 1.54) is 7.05 Å². The molecule has 0 spiro atoms. The number of amides is 1.